The number of likely N-dealkylation sites (N-methyl/N-ethyl adjacent to an activating group) is 1. The van der Waals surface area contributed by atoms with E-state index in [1.807, 2.05) is 0 Å². The molecule has 0 aromatic carbocycles. The molecular formula is C22H23ClF3N5O3. The van der Waals surface area contributed by atoms with Crippen LogP contribution in [-0.2, 0) is 15.8 Å². The monoisotopic (exact) mass is 497 g/mol. The standard InChI is InChI=1S/C22H23ClF3N5O3/c1-28-10-14(4-5-17(28)32)30-7-6-29(11-18(30)33)21(34)20-19(23)15-8-13(12-2-3-12)9-16(22(24,25)26)31(15)27-20/h8-9,12,14H,2-7,10-11H2,1H3. The lowest BCUT2D eigenvalue weighted by molar-refractivity contribution is -0.143. The Hall–Kier alpha value is -2.82. The van der Waals surface area contributed by atoms with Crippen molar-refractivity contribution in [2.75, 3.05) is 33.2 Å². The second kappa shape index (κ2) is 8.14. The Morgan fingerprint density at radius 1 is 1.12 bits per heavy atom. The Kier molecular flexibility index (Phi) is 5.50. The number of aromatic nitrogens is 2. The number of likely N-dealkylation sites (tertiary alicyclic amines) is 1. The highest BCUT2D eigenvalue weighted by atomic mass is 35.5. The van der Waals surface area contributed by atoms with Gasteiger partial charge in [0.1, 0.15) is 12.2 Å². The van der Waals surface area contributed by atoms with E-state index in [0.717, 1.165) is 18.9 Å². The van der Waals surface area contributed by atoms with E-state index in [2.05, 4.69) is 5.10 Å². The predicted octanol–water partition coefficient (Wildman–Crippen LogP) is 2.79. The number of halogens is 4. The van der Waals surface area contributed by atoms with Gasteiger partial charge >= 0.3 is 6.18 Å². The quantitative estimate of drug-likeness (QED) is 0.653. The van der Waals surface area contributed by atoms with Crippen LogP contribution in [0.15, 0.2) is 12.1 Å². The summed E-state index contributed by atoms with van der Waals surface area (Å²) in [6.07, 6.45) is -2.14. The van der Waals surface area contributed by atoms with Crippen molar-refractivity contribution < 1.29 is 27.6 Å². The van der Waals surface area contributed by atoms with Gasteiger partial charge in [-0.05, 0) is 42.9 Å². The maximum Gasteiger partial charge on any atom is 0.433 e. The average molecular weight is 498 g/mol. The second-order valence-corrected chi connectivity index (χ2v) is 9.56. The molecule has 0 radical (unpaired) electrons. The number of carbonyl (C=O) groups is 3. The van der Waals surface area contributed by atoms with E-state index in [9.17, 15) is 27.6 Å². The van der Waals surface area contributed by atoms with Gasteiger partial charge in [0.15, 0.2) is 5.69 Å². The van der Waals surface area contributed by atoms with Crippen LogP contribution in [0.5, 0.6) is 0 Å². The number of pyridine rings is 1. The van der Waals surface area contributed by atoms with Gasteiger partial charge in [-0.1, -0.05) is 11.6 Å². The van der Waals surface area contributed by atoms with E-state index in [0.29, 0.717) is 29.5 Å². The molecule has 1 aliphatic carbocycles. The third kappa shape index (κ3) is 3.99. The Morgan fingerprint density at radius 3 is 2.47 bits per heavy atom. The lowest BCUT2D eigenvalue weighted by Gasteiger charge is -2.42. The highest BCUT2D eigenvalue weighted by Gasteiger charge is 2.39. The molecule has 3 aliphatic rings. The van der Waals surface area contributed by atoms with E-state index < -0.39 is 17.8 Å². The van der Waals surface area contributed by atoms with E-state index in [1.54, 1.807) is 22.9 Å². The van der Waals surface area contributed by atoms with Crippen molar-refractivity contribution in [3.8, 4) is 0 Å². The molecule has 2 aromatic heterocycles. The number of hydrogen-bond acceptors (Lipinski definition) is 4. The number of amides is 3. The average Bonchev–Trinajstić information content (AvgIpc) is 3.58. The lowest BCUT2D eigenvalue weighted by atomic mass is 10.0. The summed E-state index contributed by atoms with van der Waals surface area (Å²) in [4.78, 5) is 42.2. The molecule has 0 N–H and O–H groups in total. The maximum absolute atomic E-state index is 13.7. The molecular weight excluding hydrogens is 475 g/mol. The molecule has 3 fully saturated rings. The van der Waals surface area contributed by atoms with Crippen LogP contribution < -0.4 is 0 Å². The summed E-state index contributed by atoms with van der Waals surface area (Å²) in [6.45, 7) is 0.668. The Balaban J connectivity index is 1.39. The molecule has 5 rings (SSSR count). The first-order valence-electron chi connectivity index (χ1n) is 11.2. The first-order chi connectivity index (χ1) is 16.0. The topological polar surface area (TPSA) is 78.2 Å². The molecule has 4 heterocycles. The van der Waals surface area contributed by atoms with Gasteiger partial charge in [-0.2, -0.15) is 18.3 Å². The molecule has 3 amide bonds. The summed E-state index contributed by atoms with van der Waals surface area (Å²) >= 11 is 6.38. The summed E-state index contributed by atoms with van der Waals surface area (Å²) in [5.74, 6) is -0.879. The van der Waals surface area contributed by atoms with Crippen molar-refractivity contribution in [3.63, 3.8) is 0 Å². The van der Waals surface area contributed by atoms with Crippen molar-refractivity contribution in [2.45, 2.75) is 43.8 Å². The minimum atomic E-state index is -4.67. The molecule has 2 saturated heterocycles. The molecule has 34 heavy (non-hydrogen) atoms. The number of fused-ring (bicyclic) bond motifs is 1. The van der Waals surface area contributed by atoms with Crippen LogP contribution in [0.3, 0.4) is 0 Å². The number of hydrogen-bond donors (Lipinski definition) is 0. The molecule has 182 valence electrons. The number of piperazine rings is 1. The molecule has 1 saturated carbocycles. The summed E-state index contributed by atoms with van der Waals surface area (Å²) in [7, 11) is 1.69. The highest BCUT2D eigenvalue weighted by Crippen LogP contribution is 2.43. The maximum atomic E-state index is 13.7. The van der Waals surface area contributed by atoms with Gasteiger partial charge in [0.05, 0.1) is 10.5 Å². The predicted molar refractivity (Wildman–Crippen MR) is 115 cm³/mol. The van der Waals surface area contributed by atoms with Crippen LogP contribution in [0.4, 0.5) is 13.2 Å². The van der Waals surface area contributed by atoms with Crippen molar-refractivity contribution in [2.24, 2.45) is 0 Å². The van der Waals surface area contributed by atoms with Gasteiger partial charge in [0.2, 0.25) is 11.8 Å². The Labute approximate surface area is 198 Å². The summed E-state index contributed by atoms with van der Waals surface area (Å²) in [5.41, 5.74) is -0.726. The highest BCUT2D eigenvalue weighted by molar-refractivity contribution is 6.36. The zero-order chi connectivity index (χ0) is 24.4. The molecule has 1 unspecified atom stereocenters. The van der Waals surface area contributed by atoms with E-state index in [4.69, 9.17) is 11.6 Å². The zero-order valence-electron chi connectivity index (χ0n) is 18.4. The van der Waals surface area contributed by atoms with Crippen LogP contribution in [-0.4, -0.2) is 81.3 Å². The van der Waals surface area contributed by atoms with Crippen LogP contribution in [0.1, 0.15) is 53.3 Å². The summed E-state index contributed by atoms with van der Waals surface area (Å²) in [5, 5.41) is 3.78. The van der Waals surface area contributed by atoms with Crippen molar-refractivity contribution in [3.05, 3.63) is 34.1 Å². The SMILES string of the molecule is CN1CC(N2CCN(C(=O)c3nn4c(C(F)(F)F)cc(C5CC5)cc4c3Cl)CC2=O)CCC1=O. The minimum absolute atomic E-state index is 0.0293. The third-order valence-corrected chi connectivity index (χ3v) is 7.20. The third-order valence-electron chi connectivity index (χ3n) is 6.82. The van der Waals surface area contributed by atoms with E-state index >= 15 is 0 Å². The van der Waals surface area contributed by atoms with E-state index in [1.165, 1.54) is 4.90 Å². The van der Waals surface area contributed by atoms with Gasteiger partial charge in [-0.15, -0.1) is 0 Å². The van der Waals surface area contributed by atoms with Gasteiger partial charge in [-0.25, -0.2) is 4.52 Å². The molecule has 2 aromatic rings. The van der Waals surface area contributed by atoms with Gasteiger partial charge < -0.3 is 14.7 Å². The Morgan fingerprint density at radius 2 is 1.85 bits per heavy atom. The fourth-order valence-corrected chi connectivity index (χ4v) is 5.02. The zero-order valence-corrected chi connectivity index (χ0v) is 19.2. The van der Waals surface area contributed by atoms with Crippen LogP contribution in [0.2, 0.25) is 5.02 Å². The number of piperidine rings is 1. The molecule has 12 heteroatoms. The number of rotatable bonds is 3. The largest absolute Gasteiger partial charge is 0.433 e. The van der Waals surface area contributed by atoms with Crippen molar-refractivity contribution in [1.82, 2.24) is 24.3 Å². The number of alkyl halides is 3. The van der Waals surface area contributed by atoms with E-state index in [-0.39, 0.29) is 59.6 Å². The smallest absolute Gasteiger partial charge is 0.344 e. The van der Waals surface area contributed by atoms with Gasteiger partial charge in [0.25, 0.3) is 5.91 Å². The van der Waals surface area contributed by atoms with Gasteiger partial charge in [0, 0.05) is 39.1 Å². The molecule has 2 aliphatic heterocycles. The summed E-state index contributed by atoms with van der Waals surface area (Å²) < 4.78 is 41.9. The van der Waals surface area contributed by atoms with Crippen molar-refractivity contribution in [1.29, 1.82) is 0 Å². The molecule has 0 spiro atoms. The number of nitrogens with zero attached hydrogens (tertiary/aromatic N) is 5. The van der Waals surface area contributed by atoms with Crippen molar-refractivity contribution >= 4 is 34.8 Å². The van der Waals surface area contributed by atoms with Crippen LogP contribution in [0, 0.1) is 0 Å². The lowest BCUT2D eigenvalue weighted by Crippen LogP contribution is -2.59. The van der Waals surface area contributed by atoms with Crippen LogP contribution in [0.25, 0.3) is 5.52 Å². The fourth-order valence-electron chi connectivity index (χ4n) is 4.77. The fraction of sp³-hybridized carbons (Fsp3) is 0.545. The molecule has 0 bridgehead atoms. The molecule has 8 nitrogen and oxygen atoms in total. The van der Waals surface area contributed by atoms with Gasteiger partial charge in [-0.3, -0.25) is 14.4 Å². The first-order valence-corrected chi connectivity index (χ1v) is 11.5. The summed E-state index contributed by atoms with van der Waals surface area (Å²) in [6, 6.07) is 2.50. The van der Waals surface area contributed by atoms with Crippen LogP contribution >= 0.6 is 11.6 Å². The first kappa shape index (κ1) is 22.9. The molecule has 1 atom stereocenters. The minimum Gasteiger partial charge on any atom is -0.344 e. The Bertz CT molecular complexity index is 1190. The number of carbonyl (C=O) groups excluding carboxylic acids is 3. The normalized spacial score (nSPS) is 22.1. The second-order valence-electron chi connectivity index (χ2n) is 9.19.